The molecule has 0 spiro atoms. The van der Waals surface area contributed by atoms with Gasteiger partial charge in [-0.3, -0.25) is 4.79 Å². The van der Waals surface area contributed by atoms with Crippen LogP contribution in [0.3, 0.4) is 0 Å². The van der Waals surface area contributed by atoms with E-state index in [-0.39, 0.29) is 26.1 Å². The highest BCUT2D eigenvalue weighted by molar-refractivity contribution is 5.82. The first kappa shape index (κ1) is 22.4. The first-order valence-corrected chi connectivity index (χ1v) is 10.3. The van der Waals surface area contributed by atoms with Crippen molar-refractivity contribution in [1.29, 1.82) is 0 Å². The number of likely N-dealkylation sites (tertiary alicyclic amines) is 1. The number of hydrogen-bond donors (Lipinski definition) is 2. The van der Waals surface area contributed by atoms with Gasteiger partial charge in [-0.05, 0) is 41.7 Å². The van der Waals surface area contributed by atoms with Crippen molar-refractivity contribution >= 4 is 11.7 Å². The SMILES string of the molecule is C=C(c1ccc(C2(O)COC2)cc1)N1CCC(C(=O)O)(c2ccc(C(F)(F)F)cc2)CC1. The summed E-state index contributed by atoms with van der Waals surface area (Å²) in [6.45, 7) is 5.49. The molecule has 170 valence electrons. The van der Waals surface area contributed by atoms with Crippen LogP contribution in [-0.2, 0) is 26.7 Å². The van der Waals surface area contributed by atoms with Gasteiger partial charge in [0.1, 0.15) is 5.60 Å². The molecule has 2 N–H and O–H groups in total. The second-order valence-electron chi connectivity index (χ2n) is 8.50. The van der Waals surface area contributed by atoms with Crippen LogP contribution in [0.1, 0.15) is 35.1 Å². The predicted octanol–water partition coefficient (Wildman–Crippen LogP) is 4.01. The number of aliphatic hydroxyl groups is 1. The zero-order chi connectivity index (χ0) is 23.1. The number of carboxylic acid groups (broad SMARTS) is 1. The molecule has 2 aromatic rings. The highest BCUT2D eigenvalue weighted by atomic mass is 19.4. The summed E-state index contributed by atoms with van der Waals surface area (Å²) in [5.74, 6) is -1.04. The van der Waals surface area contributed by atoms with Crippen LogP contribution < -0.4 is 0 Å². The van der Waals surface area contributed by atoms with Crippen LogP contribution in [0.2, 0.25) is 0 Å². The summed E-state index contributed by atoms with van der Waals surface area (Å²) in [5, 5.41) is 20.3. The van der Waals surface area contributed by atoms with E-state index < -0.39 is 28.7 Å². The van der Waals surface area contributed by atoms with Crippen LogP contribution in [0, 0.1) is 0 Å². The Morgan fingerprint density at radius 3 is 1.94 bits per heavy atom. The van der Waals surface area contributed by atoms with Crippen molar-refractivity contribution in [3.8, 4) is 0 Å². The molecule has 0 saturated carbocycles. The van der Waals surface area contributed by atoms with Crippen molar-refractivity contribution in [2.24, 2.45) is 0 Å². The number of alkyl halides is 3. The number of ether oxygens (including phenoxy) is 1. The van der Waals surface area contributed by atoms with Crippen LogP contribution in [0.4, 0.5) is 13.2 Å². The average molecular weight is 447 g/mol. The van der Waals surface area contributed by atoms with Gasteiger partial charge in [-0.25, -0.2) is 0 Å². The molecule has 8 heteroatoms. The summed E-state index contributed by atoms with van der Waals surface area (Å²) in [6.07, 6.45) is -3.96. The van der Waals surface area contributed by atoms with Crippen molar-refractivity contribution in [2.45, 2.75) is 30.0 Å². The first-order chi connectivity index (χ1) is 15.1. The van der Waals surface area contributed by atoms with Crippen molar-refractivity contribution in [2.75, 3.05) is 26.3 Å². The van der Waals surface area contributed by atoms with Gasteiger partial charge in [0.15, 0.2) is 0 Å². The Bertz CT molecular complexity index is 1000. The molecule has 0 atom stereocenters. The van der Waals surface area contributed by atoms with E-state index >= 15 is 0 Å². The quantitative estimate of drug-likeness (QED) is 0.725. The fourth-order valence-electron chi connectivity index (χ4n) is 4.38. The fourth-order valence-corrected chi connectivity index (χ4v) is 4.38. The summed E-state index contributed by atoms with van der Waals surface area (Å²) in [4.78, 5) is 14.2. The normalized spacial score (nSPS) is 19.8. The predicted molar refractivity (Wildman–Crippen MR) is 112 cm³/mol. The topological polar surface area (TPSA) is 70.0 Å². The number of carbonyl (C=O) groups is 1. The standard InChI is InChI=1S/C24H24F3NO4/c1-16(17-2-4-19(5-3-17)23(31)14-32-15-23)28-12-10-22(11-13-28,21(29)30)18-6-8-20(9-7-18)24(25,26)27/h2-9,31H,1,10-15H2,(H,29,30). The van der Waals surface area contributed by atoms with E-state index in [1.807, 2.05) is 29.2 Å². The minimum absolute atomic E-state index is 0.252. The Balaban J connectivity index is 1.47. The molecular weight excluding hydrogens is 423 g/mol. The molecule has 0 radical (unpaired) electrons. The lowest BCUT2D eigenvalue weighted by atomic mass is 9.72. The number of rotatable bonds is 5. The molecule has 0 bridgehead atoms. The van der Waals surface area contributed by atoms with Crippen molar-refractivity contribution in [1.82, 2.24) is 4.90 Å². The van der Waals surface area contributed by atoms with Gasteiger partial charge in [-0.1, -0.05) is 43.0 Å². The van der Waals surface area contributed by atoms with Crippen molar-refractivity contribution in [3.05, 3.63) is 77.4 Å². The van der Waals surface area contributed by atoms with Gasteiger partial charge in [0.05, 0.1) is 24.2 Å². The maximum Gasteiger partial charge on any atom is 0.416 e. The summed E-state index contributed by atoms with van der Waals surface area (Å²) in [6, 6.07) is 11.8. The Morgan fingerprint density at radius 1 is 0.969 bits per heavy atom. The molecule has 32 heavy (non-hydrogen) atoms. The molecule has 2 aliphatic rings. The van der Waals surface area contributed by atoms with Gasteiger partial charge in [-0.2, -0.15) is 13.2 Å². The fraction of sp³-hybridized carbons (Fsp3) is 0.375. The molecule has 0 aromatic heterocycles. The molecule has 2 fully saturated rings. The Hall–Kier alpha value is -2.84. The van der Waals surface area contributed by atoms with Crippen LogP contribution in [0.25, 0.3) is 5.70 Å². The molecule has 2 saturated heterocycles. The number of piperidine rings is 1. The van der Waals surface area contributed by atoms with Crippen LogP contribution in [0.15, 0.2) is 55.1 Å². The number of hydrogen-bond acceptors (Lipinski definition) is 4. The molecular formula is C24H24F3NO4. The van der Waals surface area contributed by atoms with Gasteiger partial charge >= 0.3 is 12.1 Å². The molecule has 0 aliphatic carbocycles. The highest BCUT2D eigenvalue weighted by Gasteiger charge is 2.44. The molecule has 0 unspecified atom stereocenters. The minimum Gasteiger partial charge on any atom is -0.481 e. The zero-order valence-electron chi connectivity index (χ0n) is 17.4. The van der Waals surface area contributed by atoms with Crippen LogP contribution in [0.5, 0.6) is 0 Å². The highest BCUT2D eigenvalue weighted by Crippen LogP contribution is 2.39. The molecule has 0 amide bonds. The lowest BCUT2D eigenvalue weighted by molar-refractivity contribution is -0.184. The second-order valence-corrected chi connectivity index (χ2v) is 8.50. The van der Waals surface area contributed by atoms with E-state index in [1.54, 1.807) is 0 Å². The lowest BCUT2D eigenvalue weighted by Gasteiger charge is -2.41. The van der Waals surface area contributed by atoms with Gasteiger partial charge in [0.2, 0.25) is 0 Å². The molecule has 2 aliphatic heterocycles. The Labute approximate surface area is 183 Å². The maximum atomic E-state index is 12.9. The van der Waals surface area contributed by atoms with E-state index in [4.69, 9.17) is 4.74 Å². The number of carboxylic acids is 1. The molecule has 2 heterocycles. The third kappa shape index (κ3) is 3.89. The van der Waals surface area contributed by atoms with E-state index in [9.17, 15) is 28.2 Å². The van der Waals surface area contributed by atoms with Crippen LogP contribution >= 0.6 is 0 Å². The third-order valence-electron chi connectivity index (χ3n) is 6.61. The number of nitrogens with zero attached hydrogens (tertiary/aromatic N) is 1. The van der Waals surface area contributed by atoms with Crippen LogP contribution in [-0.4, -0.2) is 47.4 Å². The molecule has 4 rings (SSSR count). The van der Waals surface area contributed by atoms with Crippen molar-refractivity contribution in [3.63, 3.8) is 0 Å². The van der Waals surface area contributed by atoms with Gasteiger partial charge < -0.3 is 19.8 Å². The lowest BCUT2D eigenvalue weighted by Crippen LogP contribution is -2.47. The molecule has 2 aromatic carbocycles. The maximum absolute atomic E-state index is 12.9. The monoisotopic (exact) mass is 447 g/mol. The third-order valence-corrected chi connectivity index (χ3v) is 6.61. The van der Waals surface area contributed by atoms with E-state index in [0.717, 1.165) is 29.0 Å². The number of aliphatic carboxylic acids is 1. The largest absolute Gasteiger partial charge is 0.481 e. The van der Waals surface area contributed by atoms with Gasteiger partial charge in [0, 0.05) is 18.8 Å². The van der Waals surface area contributed by atoms with Crippen molar-refractivity contribution < 1.29 is 32.9 Å². The Kier molecular flexibility index (Phi) is 5.55. The summed E-state index contributed by atoms with van der Waals surface area (Å²) in [7, 11) is 0. The Morgan fingerprint density at radius 2 is 1.50 bits per heavy atom. The zero-order valence-corrected chi connectivity index (χ0v) is 17.4. The number of halogens is 3. The van der Waals surface area contributed by atoms with E-state index in [2.05, 4.69) is 6.58 Å². The summed E-state index contributed by atoms with van der Waals surface area (Å²) >= 11 is 0. The smallest absolute Gasteiger partial charge is 0.416 e. The average Bonchev–Trinajstić information content (AvgIpc) is 2.76. The first-order valence-electron chi connectivity index (χ1n) is 10.3. The van der Waals surface area contributed by atoms with Gasteiger partial charge in [0.25, 0.3) is 0 Å². The molecule has 5 nitrogen and oxygen atoms in total. The summed E-state index contributed by atoms with van der Waals surface area (Å²) < 4.78 is 43.7. The van der Waals surface area contributed by atoms with Gasteiger partial charge in [-0.15, -0.1) is 0 Å². The van der Waals surface area contributed by atoms with E-state index in [0.29, 0.717) is 18.7 Å². The van der Waals surface area contributed by atoms with E-state index in [1.165, 1.54) is 12.1 Å². The second kappa shape index (κ2) is 7.94. The summed E-state index contributed by atoms with van der Waals surface area (Å²) in [5.41, 5.74) is -0.245. The number of benzene rings is 2. The minimum atomic E-state index is -4.47.